The van der Waals surface area contributed by atoms with E-state index < -0.39 is 23.4 Å². The Bertz CT molecular complexity index is 1350. The number of amides is 1. The van der Waals surface area contributed by atoms with Crippen LogP contribution in [-0.4, -0.2) is 35.8 Å². The lowest BCUT2D eigenvalue weighted by Gasteiger charge is -2.08. The van der Waals surface area contributed by atoms with Gasteiger partial charge < -0.3 is 9.84 Å². The second kappa shape index (κ2) is 8.63. The minimum Gasteiger partial charge on any atom is -0.328 e. The number of hydrogen-bond donors (Lipinski definition) is 1. The molecular weight excluding hydrogens is 444 g/mol. The normalized spacial score (nSPS) is 11.6. The summed E-state index contributed by atoms with van der Waals surface area (Å²) < 4.78 is 33.5. The standard InChI is InChI=1S/C20H14ClF2N7O2/c1-10-12(9-26-30(10)2)13(15-4-3-5-16(21)27-15)8-25-19(31)20-28-18(29-32-20)17-14(23)6-11(22)7-24-17/h3-9H,1-2H3,(H,25,31)/b13-8-. The predicted octanol–water partition coefficient (Wildman–Crippen LogP) is 3.32. The lowest BCUT2D eigenvalue weighted by molar-refractivity contribution is 0.0927. The van der Waals surface area contributed by atoms with E-state index in [1.807, 2.05) is 6.92 Å². The summed E-state index contributed by atoms with van der Waals surface area (Å²) in [6.45, 7) is 1.86. The second-order valence-corrected chi connectivity index (χ2v) is 6.94. The fraction of sp³-hybridized carbons (Fsp3) is 0.100. The Balaban J connectivity index is 1.64. The van der Waals surface area contributed by atoms with Gasteiger partial charge in [0.15, 0.2) is 5.82 Å². The van der Waals surface area contributed by atoms with Gasteiger partial charge in [-0.1, -0.05) is 22.8 Å². The Morgan fingerprint density at radius 3 is 2.75 bits per heavy atom. The number of nitrogens with one attached hydrogen (secondary N) is 1. The maximum absolute atomic E-state index is 13.9. The van der Waals surface area contributed by atoms with E-state index in [-0.39, 0.29) is 16.7 Å². The van der Waals surface area contributed by atoms with Crippen molar-refractivity contribution in [2.75, 3.05) is 0 Å². The fourth-order valence-electron chi connectivity index (χ4n) is 2.80. The number of aryl methyl sites for hydroxylation is 1. The molecule has 162 valence electrons. The molecule has 1 N–H and O–H groups in total. The Hall–Kier alpha value is -3.99. The topological polar surface area (TPSA) is 112 Å². The van der Waals surface area contributed by atoms with E-state index in [1.165, 1.54) is 6.20 Å². The van der Waals surface area contributed by atoms with Crippen LogP contribution in [0.4, 0.5) is 8.78 Å². The minimum absolute atomic E-state index is 0.275. The molecule has 32 heavy (non-hydrogen) atoms. The summed E-state index contributed by atoms with van der Waals surface area (Å²) in [6, 6.07) is 5.70. The molecule has 4 aromatic heterocycles. The third-order valence-electron chi connectivity index (χ3n) is 4.50. The van der Waals surface area contributed by atoms with Gasteiger partial charge in [-0.2, -0.15) is 10.1 Å². The van der Waals surface area contributed by atoms with Gasteiger partial charge in [0.25, 0.3) is 0 Å². The van der Waals surface area contributed by atoms with Crippen LogP contribution in [0.3, 0.4) is 0 Å². The van der Waals surface area contributed by atoms with Gasteiger partial charge in [-0.3, -0.25) is 9.48 Å². The van der Waals surface area contributed by atoms with Crippen LogP contribution in [0.5, 0.6) is 0 Å². The summed E-state index contributed by atoms with van der Waals surface area (Å²) in [7, 11) is 1.78. The molecule has 0 unspecified atom stereocenters. The van der Waals surface area contributed by atoms with E-state index in [0.717, 1.165) is 11.9 Å². The van der Waals surface area contributed by atoms with Crippen molar-refractivity contribution in [2.24, 2.45) is 7.05 Å². The first-order valence-corrected chi connectivity index (χ1v) is 9.49. The monoisotopic (exact) mass is 457 g/mol. The average Bonchev–Trinajstić information content (AvgIpc) is 3.37. The lowest BCUT2D eigenvalue weighted by atomic mass is 10.0. The van der Waals surface area contributed by atoms with E-state index in [0.29, 0.717) is 22.9 Å². The van der Waals surface area contributed by atoms with Gasteiger partial charge in [0.2, 0.25) is 5.82 Å². The molecule has 0 saturated heterocycles. The number of carbonyl (C=O) groups is 1. The van der Waals surface area contributed by atoms with Crippen LogP contribution in [0.25, 0.3) is 17.1 Å². The Labute approximate surface area is 184 Å². The molecule has 0 atom stereocenters. The molecule has 0 spiro atoms. The van der Waals surface area contributed by atoms with Crippen molar-refractivity contribution in [3.63, 3.8) is 0 Å². The zero-order valence-corrected chi connectivity index (χ0v) is 17.4. The highest BCUT2D eigenvalue weighted by Crippen LogP contribution is 2.25. The smallest absolute Gasteiger partial charge is 0.316 e. The molecule has 4 heterocycles. The van der Waals surface area contributed by atoms with Crippen molar-refractivity contribution >= 4 is 23.1 Å². The van der Waals surface area contributed by atoms with Crippen molar-refractivity contribution in [1.29, 1.82) is 0 Å². The molecule has 0 aromatic carbocycles. The van der Waals surface area contributed by atoms with Crippen molar-refractivity contribution in [1.82, 2.24) is 35.2 Å². The van der Waals surface area contributed by atoms with Gasteiger partial charge in [-0.25, -0.2) is 18.7 Å². The molecule has 0 radical (unpaired) electrons. The highest BCUT2D eigenvalue weighted by Gasteiger charge is 2.20. The number of rotatable bonds is 5. The summed E-state index contributed by atoms with van der Waals surface area (Å²) in [5.41, 5.74) is 2.23. The maximum atomic E-state index is 13.9. The second-order valence-electron chi connectivity index (χ2n) is 6.55. The summed E-state index contributed by atoms with van der Waals surface area (Å²) >= 11 is 6.02. The van der Waals surface area contributed by atoms with E-state index >= 15 is 0 Å². The van der Waals surface area contributed by atoms with Gasteiger partial charge in [-0.05, 0) is 19.1 Å². The van der Waals surface area contributed by atoms with E-state index in [4.69, 9.17) is 16.1 Å². The highest BCUT2D eigenvalue weighted by atomic mass is 35.5. The molecule has 9 nitrogen and oxygen atoms in total. The Morgan fingerprint density at radius 2 is 2.06 bits per heavy atom. The number of pyridine rings is 2. The van der Waals surface area contributed by atoms with Crippen LogP contribution in [0.15, 0.2) is 47.4 Å². The number of nitrogens with zero attached hydrogens (tertiary/aromatic N) is 6. The average molecular weight is 458 g/mol. The zero-order chi connectivity index (χ0) is 22.8. The third-order valence-corrected chi connectivity index (χ3v) is 4.71. The van der Waals surface area contributed by atoms with Gasteiger partial charge in [0.1, 0.15) is 16.7 Å². The van der Waals surface area contributed by atoms with Gasteiger partial charge in [0, 0.05) is 36.1 Å². The Morgan fingerprint density at radius 1 is 1.25 bits per heavy atom. The van der Waals surface area contributed by atoms with Crippen molar-refractivity contribution in [3.05, 3.63) is 82.5 Å². The molecule has 0 fully saturated rings. The van der Waals surface area contributed by atoms with Crippen LogP contribution in [0.2, 0.25) is 5.15 Å². The van der Waals surface area contributed by atoms with E-state index in [9.17, 15) is 13.6 Å². The lowest BCUT2D eigenvalue weighted by Crippen LogP contribution is -2.18. The van der Waals surface area contributed by atoms with Gasteiger partial charge in [-0.15, -0.1) is 0 Å². The molecule has 0 aliphatic rings. The molecule has 0 aliphatic carbocycles. The number of carbonyl (C=O) groups excluding carboxylic acids is 1. The highest BCUT2D eigenvalue weighted by molar-refractivity contribution is 6.29. The quantitative estimate of drug-likeness (QED) is 0.457. The first kappa shape index (κ1) is 21.2. The molecule has 0 saturated carbocycles. The molecular formula is C20H14ClF2N7O2. The van der Waals surface area contributed by atoms with Crippen molar-refractivity contribution in [2.45, 2.75) is 6.92 Å². The number of hydrogen-bond acceptors (Lipinski definition) is 7. The van der Waals surface area contributed by atoms with Crippen LogP contribution in [0, 0.1) is 18.6 Å². The SMILES string of the molecule is Cc1c(/C(=C/NC(=O)c2nc(-c3ncc(F)cc3F)no2)c2cccc(Cl)n2)cnn1C. The molecule has 4 aromatic rings. The third kappa shape index (κ3) is 4.23. The molecule has 1 amide bonds. The summed E-state index contributed by atoms with van der Waals surface area (Å²) in [4.78, 5) is 24.3. The minimum atomic E-state index is -0.987. The first-order chi connectivity index (χ1) is 15.3. The van der Waals surface area contributed by atoms with Crippen LogP contribution < -0.4 is 5.32 Å². The maximum Gasteiger partial charge on any atom is 0.316 e. The summed E-state index contributed by atoms with van der Waals surface area (Å²) in [6.07, 6.45) is 3.84. The van der Waals surface area contributed by atoms with E-state index in [1.54, 1.807) is 36.1 Å². The van der Waals surface area contributed by atoms with Crippen LogP contribution in [0.1, 0.15) is 27.6 Å². The van der Waals surface area contributed by atoms with Gasteiger partial charge >= 0.3 is 11.8 Å². The van der Waals surface area contributed by atoms with Crippen molar-refractivity contribution < 1.29 is 18.1 Å². The molecule has 12 heteroatoms. The van der Waals surface area contributed by atoms with Gasteiger partial charge in [0.05, 0.1) is 18.1 Å². The zero-order valence-electron chi connectivity index (χ0n) is 16.7. The summed E-state index contributed by atoms with van der Waals surface area (Å²) in [5, 5.41) is 10.6. The molecule has 0 aliphatic heterocycles. The fourth-order valence-corrected chi connectivity index (χ4v) is 2.97. The Kier molecular flexibility index (Phi) is 5.73. The molecule has 0 bridgehead atoms. The number of halogens is 3. The van der Waals surface area contributed by atoms with E-state index in [2.05, 4.69) is 30.5 Å². The number of aromatic nitrogens is 6. The summed E-state index contributed by atoms with van der Waals surface area (Å²) in [5.74, 6) is -3.34. The van der Waals surface area contributed by atoms with Crippen LogP contribution in [-0.2, 0) is 7.05 Å². The molecule has 4 rings (SSSR count). The van der Waals surface area contributed by atoms with Crippen molar-refractivity contribution in [3.8, 4) is 11.5 Å². The first-order valence-electron chi connectivity index (χ1n) is 9.11. The predicted molar refractivity (Wildman–Crippen MR) is 109 cm³/mol. The largest absolute Gasteiger partial charge is 0.328 e. The van der Waals surface area contributed by atoms with Crippen LogP contribution >= 0.6 is 11.6 Å².